The molecule has 8 nitrogen and oxygen atoms in total. The number of hydrogen-bond donors (Lipinski definition) is 3. The van der Waals surface area contributed by atoms with Crippen molar-refractivity contribution in [2.45, 2.75) is 65.1 Å². The van der Waals surface area contributed by atoms with Crippen molar-refractivity contribution in [3.05, 3.63) is 59.9 Å². The van der Waals surface area contributed by atoms with Crippen LogP contribution in [0.2, 0.25) is 0 Å². The largest absolute Gasteiger partial charge is 0.478 e. The zero-order valence-electron chi connectivity index (χ0n) is 21.3. The Kier molecular flexibility index (Phi) is 7.74. The highest BCUT2D eigenvalue weighted by atomic mass is 16.5. The van der Waals surface area contributed by atoms with Gasteiger partial charge in [-0.2, -0.15) is 0 Å². The summed E-state index contributed by atoms with van der Waals surface area (Å²) >= 11 is 0. The van der Waals surface area contributed by atoms with Crippen LogP contribution in [0.15, 0.2) is 48.5 Å². The standard InChI is InChI=1S/C28H35N5O3/c1-4-5-14-23-32-24-25(21-12-6-7-13-22(21)31-26(24)29)33(23)16-9-15-30-18-19-10-8-11-20(17-19)36-28(2,3)27(34)35/h6-8,10-13,17,30H,4-5,9,14-16,18H2,1-3H3,(H2,29,31)(H,34,35). The lowest BCUT2D eigenvalue weighted by atomic mass is 10.1. The molecule has 4 N–H and O–H groups in total. The first kappa shape index (κ1) is 25.4. The summed E-state index contributed by atoms with van der Waals surface area (Å²) < 4.78 is 7.97. The molecule has 0 spiro atoms. The molecule has 0 atom stereocenters. The van der Waals surface area contributed by atoms with Crippen LogP contribution in [0.3, 0.4) is 0 Å². The van der Waals surface area contributed by atoms with Crippen LogP contribution in [0.1, 0.15) is 51.4 Å². The molecule has 4 rings (SSSR count). The van der Waals surface area contributed by atoms with Gasteiger partial charge in [0, 0.05) is 24.9 Å². The topological polar surface area (TPSA) is 115 Å². The van der Waals surface area contributed by atoms with E-state index in [0.29, 0.717) is 18.1 Å². The Balaban J connectivity index is 1.44. The van der Waals surface area contributed by atoms with Gasteiger partial charge in [-0.15, -0.1) is 0 Å². The molecule has 0 unspecified atom stereocenters. The number of nitrogens with zero attached hydrogens (tertiary/aromatic N) is 3. The summed E-state index contributed by atoms with van der Waals surface area (Å²) in [5.74, 6) is 1.08. The Morgan fingerprint density at radius 1 is 1.14 bits per heavy atom. The monoisotopic (exact) mass is 489 g/mol. The number of nitrogens with two attached hydrogens (primary N) is 1. The van der Waals surface area contributed by atoms with Gasteiger partial charge in [0.15, 0.2) is 11.4 Å². The van der Waals surface area contributed by atoms with Crippen LogP contribution < -0.4 is 15.8 Å². The Bertz CT molecular complexity index is 1360. The number of unbranched alkanes of at least 4 members (excludes halogenated alkanes) is 1. The van der Waals surface area contributed by atoms with E-state index >= 15 is 0 Å². The number of aliphatic carboxylic acids is 1. The fourth-order valence-corrected chi connectivity index (χ4v) is 4.32. The number of carboxylic acids is 1. The van der Waals surface area contributed by atoms with Crippen LogP contribution >= 0.6 is 0 Å². The van der Waals surface area contributed by atoms with Crippen molar-refractivity contribution in [3.8, 4) is 5.75 Å². The molecule has 8 heteroatoms. The molecular weight excluding hydrogens is 454 g/mol. The van der Waals surface area contributed by atoms with Gasteiger partial charge in [-0.3, -0.25) is 0 Å². The lowest BCUT2D eigenvalue weighted by molar-refractivity contribution is -0.152. The molecule has 2 heterocycles. The number of para-hydroxylation sites is 1. The van der Waals surface area contributed by atoms with Gasteiger partial charge < -0.3 is 25.5 Å². The minimum Gasteiger partial charge on any atom is -0.478 e. The molecule has 0 fully saturated rings. The quantitative estimate of drug-likeness (QED) is 0.242. The number of carbonyl (C=O) groups is 1. The van der Waals surface area contributed by atoms with Crippen LogP contribution in [0.4, 0.5) is 5.82 Å². The molecule has 190 valence electrons. The minimum absolute atomic E-state index is 0.478. The maximum Gasteiger partial charge on any atom is 0.347 e. The maximum absolute atomic E-state index is 11.4. The van der Waals surface area contributed by atoms with E-state index in [1.165, 1.54) is 0 Å². The normalized spacial score (nSPS) is 11.9. The molecule has 2 aromatic carbocycles. The second kappa shape index (κ2) is 11.0. The zero-order chi connectivity index (χ0) is 25.7. The Labute approximate surface area is 211 Å². The molecule has 0 aliphatic heterocycles. The molecule has 36 heavy (non-hydrogen) atoms. The number of anilines is 1. The third-order valence-corrected chi connectivity index (χ3v) is 6.29. The van der Waals surface area contributed by atoms with Crippen molar-refractivity contribution in [2.24, 2.45) is 0 Å². The third kappa shape index (κ3) is 5.60. The number of pyridine rings is 1. The minimum atomic E-state index is -1.28. The summed E-state index contributed by atoms with van der Waals surface area (Å²) in [4.78, 5) is 20.8. The van der Waals surface area contributed by atoms with E-state index in [2.05, 4.69) is 27.9 Å². The molecule has 0 bridgehead atoms. The van der Waals surface area contributed by atoms with E-state index in [4.69, 9.17) is 15.5 Å². The maximum atomic E-state index is 11.4. The van der Waals surface area contributed by atoms with Crippen molar-refractivity contribution in [2.75, 3.05) is 12.3 Å². The number of aromatic nitrogens is 3. The van der Waals surface area contributed by atoms with Crippen molar-refractivity contribution >= 4 is 33.7 Å². The summed E-state index contributed by atoms with van der Waals surface area (Å²) in [6.45, 7) is 7.58. The van der Waals surface area contributed by atoms with E-state index in [-0.39, 0.29) is 0 Å². The highest BCUT2D eigenvalue weighted by Crippen LogP contribution is 2.29. The first-order valence-corrected chi connectivity index (χ1v) is 12.6. The number of ether oxygens (including phenoxy) is 1. The zero-order valence-corrected chi connectivity index (χ0v) is 21.3. The number of nitrogens with one attached hydrogen (secondary N) is 1. The number of fused-ring (bicyclic) bond motifs is 3. The molecule has 0 saturated heterocycles. The smallest absolute Gasteiger partial charge is 0.347 e. The van der Waals surface area contributed by atoms with E-state index in [9.17, 15) is 9.90 Å². The molecule has 0 radical (unpaired) electrons. The first-order chi connectivity index (χ1) is 17.3. The number of carboxylic acid groups (broad SMARTS) is 1. The number of rotatable bonds is 12. The van der Waals surface area contributed by atoms with Crippen molar-refractivity contribution in [1.82, 2.24) is 19.9 Å². The van der Waals surface area contributed by atoms with Gasteiger partial charge in [-0.1, -0.05) is 43.7 Å². The van der Waals surface area contributed by atoms with Gasteiger partial charge >= 0.3 is 5.97 Å². The predicted octanol–water partition coefficient (Wildman–Crippen LogP) is 4.93. The number of nitrogen functional groups attached to an aromatic ring is 1. The van der Waals surface area contributed by atoms with Gasteiger partial charge in [0.25, 0.3) is 0 Å². The molecule has 0 amide bonds. The van der Waals surface area contributed by atoms with E-state index in [1.807, 2.05) is 36.4 Å². The van der Waals surface area contributed by atoms with Crippen LogP contribution in [0, 0.1) is 0 Å². The highest BCUT2D eigenvalue weighted by Gasteiger charge is 2.29. The molecule has 2 aromatic heterocycles. The number of benzene rings is 2. The van der Waals surface area contributed by atoms with Gasteiger partial charge in [-0.05, 0) is 57.0 Å². The van der Waals surface area contributed by atoms with Crippen LogP contribution in [0.5, 0.6) is 5.75 Å². The lowest BCUT2D eigenvalue weighted by Crippen LogP contribution is -2.37. The van der Waals surface area contributed by atoms with Gasteiger partial charge in [0.05, 0.1) is 11.0 Å². The average Bonchev–Trinajstić information content (AvgIpc) is 3.21. The molecule has 0 aliphatic carbocycles. The van der Waals surface area contributed by atoms with Crippen molar-refractivity contribution < 1.29 is 14.6 Å². The van der Waals surface area contributed by atoms with Gasteiger partial charge in [0.2, 0.25) is 0 Å². The molecular formula is C28H35N5O3. The number of hydrogen-bond acceptors (Lipinski definition) is 6. The summed E-state index contributed by atoms with van der Waals surface area (Å²) in [5.41, 5.74) is 8.79. The Morgan fingerprint density at radius 2 is 1.94 bits per heavy atom. The van der Waals surface area contributed by atoms with E-state index in [1.54, 1.807) is 19.9 Å². The van der Waals surface area contributed by atoms with Crippen LogP contribution in [0.25, 0.3) is 21.9 Å². The fraction of sp³-hybridized carbons (Fsp3) is 0.393. The van der Waals surface area contributed by atoms with Gasteiger partial charge in [0.1, 0.15) is 17.1 Å². The number of aryl methyl sites for hydroxylation is 2. The van der Waals surface area contributed by atoms with E-state index in [0.717, 1.165) is 72.1 Å². The lowest BCUT2D eigenvalue weighted by Gasteiger charge is -2.21. The van der Waals surface area contributed by atoms with Crippen LogP contribution in [-0.2, 0) is 24.3 Å². The van der Waals surface area contributed by atoms with Crippen LogP contribution in [-0.4, -0.2) is 37.8 Å². The summed E-state index contributed by atoms with van der Waals surface area (Å²) in [6, 6.07) is 15.6. The SMILES string of the molecule is CCCCc1nc2c(N)nc3ccccc3c2n1CCCNCc1cccc(OC(C)(C)C(=O)O)c1. The third-order valence-electron chi connectivity index (χ3n) is 6.29. The molecule has 0 aliphatic rings. The van der Waals surface area contributed by atoms with Crippen molar-refractivity contribution in [3.63, 3.8) is 0 Å². The summed E-state index contributed by atoms with van der Waals surface area (Å²) in [5, 5.41) is 13.9. The Morgan fingerprint density at radius 3 is 2.72 bits per heavy atom. The molecule has 0 saturated carbocycles. The second-order valence-corrected chi connectivity index (χ2v) is 9.59. The van der Waals surface area contributed by atoms with Gasteiger partial charge in [-0.25, -0.2) is 14.8 Å². The van der Waals surface area contributed by atoms with Crippen molar-refractivity contribution in [1.29, 1.82) is 0 Å². The molecule has 4 aromatic rings. The Hall–Kier alpha value is -3.65. The predicted molar refractivity (Wildman–Crippen MR) is 143 cm³/mol. The fourth-order valence-electron chi connectivity index (χ4n) is 4.32. The number of imidazole rings is 1. The summed E-state index contributed by atoms with van der Waals surface area (Å²) in [6.07, 6.45) is 4.00. The average molecular weight is 490 g/mol. The van der Waals surface area contributed by atoms with E-state index < -0.39 is 11.6 Å². The summed E-state index contributed by atoms with van der Waals surface area (Å²) in [7, 11) is 0. The highest BCUT2D eigenvalue weighted by molar-refractivity contribution is 6.06. The second-order valence-electron chi connectivity index (χ2n) is 9.59. The first-order valence-electron chi connectivity index (χ1n) is 12.6.